The third kappa shape index (κ3) is 4.02. The van der Waals surface area contributed by atoms with Gasteiger partial charge < -0.3 is 9.47 Å². The highest BCUT2D eigenvalue weighted by Crippen LogP contribution is 2.23. The molecule has 0 radical (unpaired) electrons. The van der Waals surface area contributed by atoms with Gasteiger partial charge in [-0.1, -0.05) is 18.7 Å². The molecule has 0 unspecified atom stereocenters. The van der Waals surface area contributed by atoms with Gasteiger partial charge in [-0.05, 0) is 23.6 Å². The van der Waals surface area contributed by atoms with Crippen molar-refractivity contribution in [1.29, 1.82) is 0 Å². The Balaban J connectivity index is 2.22. The van der Waals surface area contributed by atoms with Crippen molar-refractivity contribution in [3.8, 4) is 0 Å². The molecule has 0 aromatic heterocycles. The van der Waals surface area contributed by atoms with Crippen LogP contribution in [0.15, 0.2) is 34.8 Å². The summed E-state index contributed by atoms with van der Waals surface area (Å²) in [4.78, 5) is 8.11. The Kier molecular flexibility index (Phi) is 5.28. The van der Waals surface area contributed by atoms with Crippen LogP contribution in [0.1, 0.15) is 23.6 Å². The molecule has 1 saturated heterocycles. The summed E-state index contributed by atoms with van der Waals surface area (Å²) in [7, 11) is 3.48. The summed E-state index contributed by atoms with van der Waals surface area (Å²) in [5.74, 6) is 1.81. The van der Waals surface area contributed by atoms with E-state index in [9.17, 15) is 0 Å². The van der Waals surface area contributed by atoms with Gasteiger partial charge in [0.2, 0.25) is 0 Å². The monoisotopic (exact) mass is 286 g/mol. The van der Waals surface area contributed by atoms with Crippen molar-refractivity contribution in [2.45, 2.75) is 13.3 Å². The molecule has 1 aliphatic heterocycles. The van der Waals surface area contributed by atoms with Crippen LogP contribution in [-0.2, 0) is 15.9 Å². The molecule has 2 rings (SSSR count). The Morgan fingerprint density at radius 3 is 2.76 bits per heavy atom. The Hall–Kier alpha value is -1.94. The predicted molar refractivity (Wildman–Crippen MR) is 87.1 cm³/mol. The molecule has 1 aromatic carbocycles. The maximum atomic E-state index is 5.58. The molecule has 0 bridgehead atoms. The zero-order valence-electron chi connectivity index (χ0n) is 12.9. The van der Waals surface area contributed by atoms with Crippen molar-refractivity contribution in [2.24, 2.45) is 15.9 Å². The van der Waals surface area contributed by atoms with Crippen molar-refractivity contribution in [3.63, 3.8) is 0 Å². The number of aliphatic imine (C=N–C) groups is 2. The Bertz CT molecular complexity index is 572. The normalized spacial score (nSPS) is 16.0. The number of nitrogens with zero attached hydrogens (tertiary/aromatic N) is 2. The van der Waals surface area contributed by atoms with E-state index in [1.165, 1.54) is 5.56 Å². The lowest BCUT2D eigenvalue weighted by atomic mass is 9.93. The van der Waals surface area contributed by atoms with E-state index in [0.29, 0.717) is 17.6 Å². The Morgan fingerprint density at radius 2 is 2.19 bits per heavy atom. The van der Waals surface area contributed by atoms with Crippen LogP contribution in [0.25, 0.3) is 5.76 Å². The maximum Gasteiger partial charge on any atom is 0.186 e. The Morgan fingerprint density at radius 1 is 1.43 bits per heavy atom. The highest BCUT2D eigenvalue weighted by Gasteiger charge is 2.20. The van der Waals surface area contributed by atoms with Crippen LogP contribution >= 0.6 is 0 Å². The summed E-state index contributed by atoms with van der Waals surface area (Å²) >= 11 is 0. The molecule has 1 fully saturated rings. The number of ether oxygens (including phenoxy) is 2. The minimum Gasteiger partial charge on any atom is -0.444 e. The van der Waals surface area contributed by atoms with Crippen molar-refractivity contribution in [1.82, 2.24) is 0 Å². The van der Waals surface area contributed by atoms with Gasteiger partial charge in [0.05, 0.1) is 13.2 Å². The highest BCUT2D eigenvalue weighted by atomic mass is 16.5. The highest BCUT2D eigenvalue weighted by molar-refractivity contribution is 5.84. The van der Waals surface area contributed by atoms with Crippen LogP contribution in [0.3, 0.4) is 0 Å². The molecule has 0 spiro atoms. The van der Waals surface area contributed by atoms with E-state index in [1.54, 1.807) is 14.1 Å². The van der Waals surface area contributed by atoms with Crippen LogP contribution in [0.4, 0.5) is 0 Å². The van der Waals surface area contributed by atoms with E-state index in [4.69, 9.17) is 9.47 Å². The molecule has 1 heterocycles. The number of hydrogen-bond acceptors (Lipinski definition) is 4. The minimum atomic E-state index is 0.595. The zero-order valence-corrected chi connectivity index (χ0v) is 12.9. The van der Waals surface area contributed by atoms with Gasteiger partial charge in [-0.25, -0.2) is 0 Å². The van der Waals surface area contributed by atoms with Crippen LogP contribution in [0, 0.1) is 5.92 Å². The van der Waals surface area contributed by atoms with E-state index in [-0.39, 0.29) is 0 Å². The summed E-state index contributed by atoms with van der Waals surface area (Å²) in [5.41, 5.74) is 3.37. The number of hydrogen-bond donors (Lipinski definition) is 0. The molecule has 0 aliphatic carbocycles. The molecule has 0 atom stereocenters. The molecule has 4 heteroatoms. The first-order valence-electron chi connectivity index (χ1n) is 7.07. The smallest absolute Gasteiger partial charge is 0.186 e. The minimum absolute atomic E-state index is 0.595. The molecule has 21 heavy (non-hydrogen) atoms. The van der Waals surface area contributed by atoms with Gasteiger partial charge in [0, 0.05) is 38.7 Å². The standard InChI is InChI=1S/C17H22N2O2/c1-12(21-13(2)19-4)15-5-6-16(9-18-3)17(8-15)7-14-10-20-11-14/h5-6,8-9,14H,1,7,10-11H2,2-4H3/b18-9-,19-13-. The van der Waals surface area contributed by atoms with Crippen molar-refractivity contribution >= 4 is 17.9 Å². The predicted octanol–water partition coefficient (Wildman–Crippen LogP) is 2.96. The van der Waals surface area contributed by atoms with Gasteiger partial charge in [0.1, 0.15) is 5.76 Å². The second kappa shape index (κ2) is 7.18. The number of rotatable bonds is 5. The van der Waals surface area contributed by atoms with Crippen molar-refractivity contribution in [3.05, 3.63) is 41.5 Å². The summed E-state index contributed by atoms with van der Waals surface area (Å²) in [5, 5.41) is 0. The summed E-state index contributed by atoms with van der Waals surface area (Å²) in [6, 6.07) is 6.19. The fraction of sp³-hybridized carbons (Fsp3) is 0.412. The first-order chi connectivity index (χ1) is 10.1. The van der Waals surface area contributed by atoms with Gasteiger partial charge in [-0.15, -0.1) is 0 Å². The van der Waals surface area contributed by atoms with E-state index in [2.05, 4.69) is 28.7 Å². The SMILES string of the molecule is C=C(O/C(C)=N\C)c1ccc(/C=N\C)c(CC2COC2)c1. The molecule has 1 aromatic rings. The molecular formula is C17H22N2O2. The molecule has 4 nitrogen and oxygen atoms in total. The van der Waals surface area contributed by atoms with Gasteiger partial charge in [-0.2, -0.15) is 0 Å². The van der Waals surface area contributed by atoms with Crippen LogP contribution < -0.4 is 0 Å². The lowest BCUT2D eigenvalue weighted by Gasteiger charge is -2.26. The maximum absolute atomic E-state index is 5.58. The molecule has 112 valence electrons. The Labute approximate surface area is 126 Å². The van der Waals surface area contributed by atoms with Crippen molar-refractivity contribution in [2.75, 3.05) is 27.3 Å². The van der Waals surface area contributed by atoms with Crippen LogP contribution in [0.2, 0.25) is 0 Å². The zero-order chi connectivity index (χ0) is 15.2. The second-order valence-corrected chi connectivity index (χ2v) is 5.18. The summed E-state index contributed by atoms with van der Waals surface area (Å²) in [6.07, 6.45) is 2.88. The van der Waals surface area contributed by atoms with E-state index < -0.39 is 0 Å². The molecule has 1 aliphatic rings. The van der Waals surface area contributed by atoms with E-state index in [1.807, 2.05) is 19.2 Å². The first kappa shape index (κ1) is 15.4. The molecule has 0 saturated carbocycles. The third-order valence-electron chi connectivity index (χ3n) is 3.53. The second-order valence-electron chi connectivity index (χ2n) is 5.18. The van der Waals surface area contributed by atoms with Gasteiger partial charge in [0.15, 0.2) is 5.90 Å². The van der Waals surface area contributed by atoms with Gasteiger partial charge in [-0.3, -0.25) is 9.98 Å². The third-order valence-corrected chi connectivity index (χ3v) is 3.53. The van der Waals surface area contributed by atoms with Crippen molar-refractivity contribution < 1.29 is 9.47 Å². The quantitative estimate of drug-likeness (QED) is 0.474. The topological polar surface area (TPSA) is 43.2 Å². The number of benzene rings is 1. The average molecular weight is 286 g/mol. The molecular weight excluding hydrogens is 264 g/mol. The lowest BCUT2D eigenvalue weighted by Crippen LogP contribution is -2.29. The van der Waals surface area contributed by atoms with Crippen LogP contribution in [0.5, 0.6) is 0 Å². The summed E-state index contributed by atoms with van der Waals surface area (Å²) < 4.78 is 10.8. The van der Waals surface area contributed by atoms with E-state index >= 15 is 0 Å². The first-order valence-corrected chi connectivity index (χ1v) is 7.07. The largest absolute Gasteiger partial charge is 0.444 e. The fourth-order valence-electron chi connectivity index (χ4n) is 2.22. The fourth-order valence-corrected chi connectivity index (χ4v) is 2.22. The summed E-state index contributed by atoms with van der Waals surface area (Å²) in [6.45, 7) is 7.48. The van der Waals surface area contributed by atoms with Crippen LogP contribution in [-0.4, -0.2) is 39.4 Å². The van der Waals surface area contributed by atoms with Gasteiger partial charge >= 0.3 is 0 Å². The lowest BCUT2D eigenvalue weighted by molar-refractivity contribution is -0.0312. The average Bonchev–Trinajstić information content (AvgIpc) is 2.44. The van der Waals surface area contributed by atoms with E-state index in [0.717, 1.165) is 30.8 Å². The van der Waals surface area contributed by atoms with Gasteiger partial charge in [0.25, 0.3) is 0 Å². The molecule has 0 amide bonds. The molecule has 0 N–H and O–H groups in total.